The summed E-state index contributed by atoms with van der Waals surface area (Å²) >= 11 is 0. The summed E-state index contributed by atoms with van der Waals surface area (Å²) in [6.45, 7) is 3.43. The second-order valence-electron chi connectivity index (χ2n) is 7.04. The Kier molecular flexibility index (Phi) is 3.88. The van der Waals surface area contributed by atoms with Crippen molar-refractivity contribution >= 4 is 17.4 Å². The van der Waals surface area contributed by atoms with Crippen LogP contribution in [-0.4, -0.2) is 35.5 Å². The van der Waals surface area contributed by atoms with Crippen molar-refractivity contribution in [1.29, 1.82) is 0 Å². The van der Waals surface area contributed by atoms with Crippen LogP contribution in [-0.2, 0) is 4.79 Å². The maximum atomic E-state index is 14.5. The van der Waals surface area contributed by atoms with E-state index in [1.54, 1.807) is 26.0 Å². The van der Waals surface area contributed by atoms with Gasteiger partial charge in [0.1, 0.15) is 5.82 Å². The minimum atomic E-state index is -1.57. The molecule has 1 unspecified atom stereocenters. The maximum Gasteiger partial charge on any atom is 0.226 e. The summed E-state index contributed by atoms with van der Waals surface area (Å²) < 4.78 is 44.7. The molecule has 1 N–H and O–H groups in total. The van der Waals surface area contributed by atoms with E-state index < -0.39 is 29.3 Å². The molecule has 1 aromatic carbocycles. The van der Waals surface area contributed by atoms with Gasteiger partial charge in [0, 0.05) is 17.9 Å². The second-order valence-corrected chi connectivity index (χ2v) is 7.04. The fraction of sp³-hybridized carbons (Fsp3) is 0.211. The highest BCUT2D eigenvalue weighted by Gasteiger charge is 2.35. The highest BCUT2D eigenvalue weighted by molar-refractivity contribution is 5.95. The van der Waals surface area contributed by atoms with E-state index in [0.29, 0.717) is 34.4 Å². The average molecular weight is 413 g/mol. The van der Waals surface area contributed by atoms with Crippen molar-refractivity contribution < 1.29 is 18.0 Å². The van der Waals surface area contributed by atoms with Crippen LogP contribution < -0.4 is 5.32 Å². The number of rotatable bonds is 2. The Morgan fingerprint density at radius 2 is 1.83 bits per heavy atom. The molecule has 11 heteroatoms. The molecule has 0 bridgehead atoms. The van der Waals surface area contributed by atoms with E-state index in [2.05, 4.69) is 25.7 Å². The third-order valence-electron chi connectivity index (χ3n) is 5.16. The monoisotopic (exact) mass is 413 g/mol. The number of aromatic nitrogens is 6. The molecule has 8 nitrogen and oxygen atoms in total. The van der Waals surface area contributed by atoms with Gasteiger partial charge in [-0.25, -0.2) is 13.2 Å². The first-order chi connectivity index (χ1) is 14.3. The van der Waals surface area contributed by atoms with Gasteiger partial charge in [0.05, 0.1) is 5.69 Å². The van der Waals surface area contributed by atoms with Crippen LogP contribution in [0.5, 0.6) is 0 Å². The third kappa shape index (κ3) is 2.58. The SMILES string of the molecule is Cc1nn(-c2ccc3nnc(C)n3n2)c2c1C(c1ccc(F)c(F)c1F)CC(=O)N2. The first-order valence-electron chi connectivity index (χ1n) is 9.07. The van der Waals surface area contributed by atoms with E-state index in [-0.39, 0.29) is 12.0 Å². The third-order valence-corrected chi connectivity index (χ3v) is 5.16. The maximum absolute atomic E-state index is 14.5. The molecule has 0 spiro atoms. The molecule has 0 radical (unpaired) electrons. The summed E-state index contributed by atoms with van der Waals surface area (Å²) in [4.78, 5) is 12.4. The van der Waals surface area contributed by atoms with Gasteiger partial charge in [-0.15, -0.1) is 15.3 Å². The van der Waals surface area contributed by atoms with E-state index in [4.69, 9.17) is 0 Å². The van der Waals surface area contributed by atoms with Gasteiger partial charge in [-0.2, -0.15) is 14.3 Å². The molecule has 1 amide bonds. The summed E-state index contributed by atoms with van der Waals surface area (Å²) in [7, 11) is 0. The van der Waals surface area contributed by atoms with Crippen LogP contribution in [0.2, 0.25) is 0 Å². The van der Waals surface area contributed by atoms with Gasteiger partial charge in [-0.05, 0) is 37.6 Å². The summed E-state index contributed by atoms with van der Waals surface area (Å²) in [5, 5.41) is 19.6. The smallest absolute Gasteiger partial charge is 0.226 e. The van der Waals surface area contributed by atoms with Crippen LogP contribution in [0.15, 0.2) is 24.3 Å². The molecule has 4 aromatic rings. The molecule has 0 aliphatic carbocycles. The highest BCUT2D eigenvalue weighted by Crippen LogP contribution is 2.41. The largest absolute Gasteiger partial charge is 0.310 e. The number of nitrogens with one attached hydrogen (secondary N) is 1. The van der Waals surface area contributed by atoms with Gasteiger partial charge >= 0.3 is 0 Å². The van der Waals surface area contributed by atoms with Crippen molar-refractivity contribution in [2.75, 3.05) is 5.32 Å². The fourth-order valence-corrected chi connectivity index (χ4v) is 3.79. The van der Waals surface area contributed by atoms with Gasteiger partial charge in [0.25, 0.3) is 0 Å². The minimum absolute atomic E-state index is 0.106. The lowest BCUT2D eigenvalue weighted by Crippen LogP contribution is -2.26. The lowest BCUT2D eigenvalue weighted by molar-refractivity contribution is -0.116. The van der Waals surface area contributed by atoms with Gasteiger partial charge in [-0.1, -0.05) is 6.07 Å². The number of benzene rings is 1. The van der Waals surface area contributed by atoms with Crippen LogP contribution >= 0.6 is 0 Å². The number of carbonyl (C=O) groups excluding carboxylic acids is 1. The average Bonchev–Trinajstić information content (AvgIpc) is 3.25. The van der Waals surface area contributed by atoms with E-state index in [9.17, 15) is 18.0 Å². The molecular formula is C19H14F3N7O. The number of hydrogen-bond donors (Lipinski definition) is 1. The summed E-state index contributed by atoms with van der Waals surface area (Å²) in [5.74, 6) is -4.15. The predicted molar refractivity (Wildman–Crippen MR) is 98.8 cm³/mol. The van der Waals surface area contributed by atoms with E-state index in [1.807, 2.05) is 0 Å². The zero-order valence-electron chi connectivity index (χ0n) is 15.8. The van der Waals surface area contributed by atoms with Gasteiger partial charge in [0.15, 0.2) is 34.7 Å². The lowest BCUT2D eigenvalue weighted by Gasteiger charge is -2.24. The lowest BCUT2D eigenvalue weighted by atomic mass is 9.85. The molecule has 1 aliphatic rings. The molecule has 0 saturated carbocycles. The Hall–Kier alpha value is -3.76. The van der Waals surface area contributed by atoms with Crippen LogP contribution in [0.4, 0.5) is 19.0 Å². The number of amides is 1. The van der Waals surface area contributed by atoms with Crippen molar-refractivity contribution in [3.8, 4) is 5.82 Å². The Morgan fingerprint density at radius 3 is 2.63 bits per heavy atom. The topological polar surface area (TPSA) is 90.0 Å². The summed E-state index contributed by atoms with van der Waals surface area (Å²) in [6, 6.07) is 5.36. The second kappa shape index (κ2) is 6.37. The molecule has 5 rings (SSSR count). The highest BCUT2D eigenvalue weighted by atomic mass is 19.2. The molecule has 3 aromatic heterocycles. The zero-order chi connectivity index (χ0) is 21.2. The number of halogens is 3. The van der Waals surface area contributed by atoms with Crippen molar-refractivity contribution in [2.45, 2.75) is 26.2 Å². The number of anilines is 1. The van der Waals surface area contributed by atoms with Crippen LogP contribution in [0.1, 0.15) is 35.0 Å². The van der Waals surface area contributed by atoms with E-state index >= 15 is 0 Å². The number of fused-ring (bicyclic) bond motifs is 2. The number of carbonyl (C=O) groups is 1. The molecule has 0 fully saturated rings. The van der Waals surface area contributed by atoms with Gasteiger partial charge < -0.3 is 5.32 Å². The van der Waals surface area contributed by atoms with Crippen molar-refractivity contribution in [1.82, 2.24) is 29.6 Å². The minimum Gasteiger partial charge on any atom is -0.310 e. The Morgan fingerprint density at radius 1 is 1.03 bits per heavy atom. The quantitative estimate of drug-likeness (QED) is 0.511. The Labute approximate surface area is 167 Å². The molecule has 1 atom stereocenters. The van der Waals surface area contributed by atoms with Crippen molar-refractivity contribution in [2.24, 2.45) is 0 Å². The molecule has 1 aliphatic heterocycles. The van der Waals surface area contributed by atoms with Gasteiger partial charge in [0.2, 0.25) is 5.91 Å². The van der Waals surface area contributed by atoms with Crippen molar-refractivity contribution in [3.63, 3.8) is 0 Å². The van der Waals surface area contributed by atoms with Crippen LogP contribution in [0, 0.1) is 31.3 Å². The summed E-state index contributed by atoms with van der Waals surface area (Å²) in [5.41, 5.74) is 1.45. The number of nitrogens with zero attached hydrogens (tertiary/aromatic N) is 6. The van der Waals surface area contributed by atoms with E-state index in [1.165, 1.54) is 9.20 Å². The van der Waals surface area contributed by atoms with Crippen LogP contribution in [0.3, 0.4) is 0 Å². The molecule has 4 heterocycles. The van der Waals surface area contributed by atoms with Crippen LogP contribution in [0.25, 0.3) is 11.5 Å². The first-order valence-corrected chi connectivity index (χ1v) is 9.07. The predicted octanol–water partition coefficient (Wildman–Crippen LogP) is 2.82. The first kappa shape index (κ1) is 18.3. The Bertz CT molecular complexity index is 1340. The van der Waals surface area contributed by atoms with Gasteiger partial charge in [-0.3, -0.25) is 4.79 Å². The number of hydrogen-bond acceptors (Lipinski definition) is 5. The van der Waals surface area contributed by atoms with Crippen molar-refractivity contribution in [3.05, 3.63) is 64.4 Å². The molecule has 30 heavy (non-hydrogen) atoms. The number of aryl methyl sites for hydroxylation is 2. The Balaban J connectivity index is 1.70. The fourth-order valence-electron chi connectivity index (χ4n) is 3.79. The molecular weight excluding hydrogens is 399 g/mol. The van der Waals surface area contributed by atoms with E-state index in [0.717, 1.165) is 12.1 Å². The molecule has 152 valence electrons. The summed E-state index contributed by atoms with van der Waals surface area (Å²) in [6.07, 6.45) is -0.126. The molecule has 0 saturated heterocycles. The normalized spacial score (nSPS) is 16.0. The standard InChI is InChI=1S/C19H14F3N7O/c1-8-16-11(10-3-4-12(20)18(22)17(10)21)7-15(30)23-19(16)29(26-8)14-6-5-13-25-24-9(2)28(13)27-14/h3-6,11H,7H2,1-2H3,(H,23,30). The zero-order valence-corrected chi connectivity index (χ0v) is 15.8.